The van der Waals surface area contributed by atoms with Crippen LogP contribution in [0.3, 0.4) is 0 Å². The first kappa shape index (κ1) is 32.9. The first-order valence-electron chi connectivity index (χ1n) is 11.9. The highest BCUT2D eigenvalue weighted by Gasteiger charge is 2.58. The number of amides is 1. The molecule has 0 saturated carbocycles. The van der Waals surface area contributed by atoms with Gasteiger partial charge in [0.2, 0.25) is 5.91 Å². The number of nitrogens with zero attached hydrogens (tertiary/aromatic N) is 3. The summed E-state index contributed by atoms with van der Waals surface area (Å²) in [5.74, 6) is -6.67. The third-order valence-electron chi connectivity index (χ3n) is 6.55. The zero-order chi connectivity index (χ0) is 31.0. The van der Waals surface area contributed by atoms with Crippen molar-refractivity contribution in [3.05, 3.63) is 22.7 Å². The van der Waals surface area contributed by atoms with Crippen molar-refractivity contribution < 1.29 is 73.9 Å². The summed E-state index contributed by atoms with van der Waals surface area (Å²) in [5.41, 5.74) is 4.46. The first-order chi connectivity index (χ1) is 18.9. The third-order valence-corrected chi connectivity index (χ3v) is 8.13. The number of aliphatic carboxylic acids is 1. The number of hydrogen-bond donors (Lipinski definition) is 10. The Bertz CT molecular complexity index is 1230. The normalized spacial score (nSPS) is 34.9. The lowest BCUT2D eigenvalue weighted by Gasteiger charge is -2.48. The summed E-state index contributed by atoms with van der Waals surface area (Å²) in [7, 11) is -5.46. The minimum atomic E-state index is -5.46. The van der Waals surface area contributed by atoms with Gasteiger partial charge in [-0.05, 0) is 6.07 Å². The molecule has 3 heterocycles. The third kappa shape index (κ3) is 6.58. The van der Waals surface area contributed by atoms with E-state index in [0.717, 1.165) is 17.7 Å². The Morgan fingerprint density at radius 2 is 1.95 bits per heavy atom. The van der Waals surface area contributed by atoms with Crippen molar-refractivity contribution in [1.29, 1.82) is 0 Å². The zero-order valence-electron chi connectivity index (χ0n) is 21.2. The standard InChI is InChI=1S/C20H31N4O16P/c1-7(26)24(12-8(27)4-20(35,18(32)33)40-16(12)13(29)9(28)5-25)41(36,37)38-6-10-14(30)15(31)17(39-10)23-3-2-11(21)22-19(23)34/h2-3,8-10,12-17,25,27-31,35H,4-6H2,1H3,(H,32,33)(H,36,37)(H2,21,22,34)/t8-,9+,10+,12+,13+,14+,15+,16+,17+,20+/m0/s1. The Morgan fingerprint density at radius 1 is 1.32 bits per heavy atom. The van der Waals surface area contributed by atoms with Crippen molar-refractivity contribution >= 4 is 25.4 Å². The summed E-state index contributed by atoms with van der Waals surface area (Å²) in [4.78, 5) is 50.4. The number of aromatic nitrogens is 2. The highest BCUT2D eigenvalue weighted by molar-refractivity contribution is 7.51. The van der Waals surface area contributed by atoms with E-state index in [0.29, 0.717) is 0 Å². The highest BCUT2D eigenvalue weighted by atomic mass is 31.2. The van der Waals surface area contributed by atoms with Crippen molar-refractivity contribution in [3.63, 3.8) is 0 Å². The fourth-order valence-corrected chi connectivity index (χ4v) is 5.95. The van der Waals surface area contributed by atoms with E-state index in [-0.39, 0.29) is 10.5 Å². The van der Waals surface area contributed by atoms with Crippen LogP contribution in [0.4, 0.5) is 5.82 Å². The Hall–Kier alpha value is -2.59. The summed E-state index contributed by atoms with van der Waals surface area (Å²) < 4.78 is 29.4. The van der Waals surface area contributed by atoms with Gasteiger partial charge in [0, 0.05) is 19.5 Å². The molecule has 1 aromatic heterocycles. The number of aliphatic hydroxyl groups excluding tert-OH is 6. The average molecular weight is 614 g/mol. The van der Waals surface area contributed by atoms with Gasteiger partial charge in [0.1, 0.15) is 42.4 Å². The summed E-state index contributed by atoms with van der Waals surface area (Å²) in [6.45, 7) is -1.43. The second-order valence-corrected chi connectivity index (χ2v) is 11.1. The quantitative estimate of drug-likeness (QED) is 0.110. The molecule has 1 amide bonds. The van der Waals surface area contributed by atoms with Crippen LogP contribution in [0, 0.1) is 0 Å². The van der Waals surface area contributed by atoms with Crippen LogP contribution >= 0.6 is 7.75 Å². The van der Waals surface area contributed by atoms with Gasteiger partial charge in [-0.2, -0.15) is 4.98 Å². The molecule has 0 bridgehead atoms. The molecule has 2 saturated heterocycles. The SMILES string of the molecule is CC(=O)N([C@H]1[C@H]([C@H](O)[C@H](O)CO)O[C@@](O)(C(=O)O)C[C@@H]1O)P(=O)(O)OC[C@H]1O[C@@H](n2ccc(N)nc2=O)[C@H](O)[C@@H]1O. The Labute approximate surface area is 230 Å². The molecule has 1 aromatic rings. The number of rotatable bonds is 10. The molecule has 2 fully saturated rings. The van der Waals surface area contributed by atoms with Crippen LogP contribution in [0.5, 0.6) is 0 Å². The molecular formula is C20H31N4O16P. The van der Waals surface area contributed by atoms with Gasteiger partial charge in [0.05, 0.1) is 25.4 Å². The second-order valence-electron chi connectivity index (χ2n) is 9.41. The molecule has 2 aliphatic rings. The lowest BCUT2D eigenvalue weighted by molar-refractivity contribution is -0.300. The molecule has 3 rings (SSSR count). The molecule has 232 valence electrons. The number of nitrogen functional groups attached to an aromatic ring is 1. The van der Waals surface area contributed by atoms with Crippen molar-refractivity contribution in [2.24, 2.45) is 0 Å². The van der Waals surface area contributed by atoms with E-state index in [1.807, 2.05) is 0 Å². The van der Waals surface area contributed by atoms with Crippen LogP contribution in [-0.2, 0) is 28.2 Å². The first-order valence-corrected chi connectivity index (χ1v) is 13.4. The summed E-state index contributed by atoms with van der Waals surface area (Å²) in [6, 6.07) is -0.951. The number of nitrogens with two attached hydrogens (primary N) is 1. The number of carbonyl (C=O) groups is 2. The largest absolute Gasteiger partial charge is 0.477 e. The smallest absolute Gasteiger partial charge is 0.435 e. The molecule has 20 nitrogen and oxygen atoms in total. The second kappa shape index (κ2) is 12.3. The fraction of sp³-hybridized carbons (Fsp3) is 0.700. The number of ether oxygens (including phenoxy) is 2. The summed E-state index contributed by atoms with van der Waals surface area (Å²) in [6.07, 6.45) is -15.7. The maximum Gasteiger partial charge on any atom is 0.435 e. The molecule has 21 heteroatoms. The number of carboxylic acid groups (broad SMARTS) is 1. The molecule has 0 spiro atoms. The molecular weight excluding hydrogens is 583 g/mol. The fourth-order valence-electron chi connectivity index (χ4n) is 4.51. The van der Waals surface area contributed by atoms with Gasteiger partial charge in [0.15, 0.2) is 6.23 Å². The van der Waals surface area contributed by atoms with Gasteiger partial charge in [-0.25, -0.2) is 18.8 Å². The molecule has 0 aromatic carbocycles. The molecule has 41 heavy (non-hydrogen) atoms. The van der Waals surface area contributed by atoms with Gasteiger partial charge in [-0.1, -0.05) is 0 Å². The molecule has 0 radical (unpaired) electrons. The van der Waals surface area contributed by atoms with Crippen molar-refractivity contribution in [1.82, 2.24) is 14.2 Å². The number of hydrogen-bond acceptors (Lipinski definition) is 16. The topological polar surface area (TPSA) is 325 Å². The van der Waals surface area contributed by atoms with E-state index >= 15 is 0 Å². The highest BCUT2D eigenvalue weighted by Crippen LogP contribution is 2.51. The van der Waals surface area contributed by atoms with E-state index in [1.54, 1.807) is 0 Å². The predicted molar refractivity (Wildman–Crippen MR) is 128 cm³/mol. The number of aliphatic hydroxyl groups is 7. The Morgan fingerprint density at radius 3 is 2.49 bits per heavy atom. The Kier molecular flexibility index (Phi) is 9.90. The van der Waals surface area contributed by atoms with Crippen molar-refractivity contribution in [2.45, 2.75) is 74.1 Å². The van der Waals surface area contributed by atoms with Crippen LogP contribution in [0.25, 0.3) is 0 Å². The number of carboxylic acids is 1. The van der Waals surface area contributed by atoms with Crippen molar-refractivity contribution in [3.8, 4) is 0 Å². The minimum absolute atomic E-state index is 0.0132. The van der Waals surface area contributed by atoms with E-state index in [1.165, 1.54) is 6.07 Å². The van der Waals surface area contributed by atoms with Crippen LogP contribution in [-0.4, -0.2) is 140 Å². The lowest BCUT2D eigenvalue weighted by Crippen LogP contribution is -2.67. The van der Waals surface area contributed by atoms with Crippen LogP contribution in [0.2, 0.25) is 0 Å². The van der Waals surface area contributed by atoms with Crippen LogP contribution in [0.1, 0.15) is 19.6 Å². The van der Waals surface area contributed by atoms with Gasteiger partial charge in [-0.3, -0.25) is 13.9 Å². The van der Waals surface area contributed by atoms with E-state index in [2.05, 4.69) is 4.98 Å². The average Bonchev–Trinajstić information content (AvgIpc) is 3.16. The molecule has 0 aliphatic carbocycles. The summed E-state index contributed by atoms with van der Waals surface area (Å²) in [5, 5.41) is 80.6. The molecule has 1 unspecified atom stereocenters. The van der Waals surface area contributed by atoms with Crippen LogP contribution < -0.4 is 11.4 Å². The maximum absolute atomic E-state index is 13.3. The van der Waals surface area contributed by atoms with Crippen LogP contribution in [0.15, 0.2) is 17.1 Å². The van der Waals surface area contributed by atoms with Gasteiger partial charge >= 0.3 is 19.4 Å². The number of anilines is 1. The zero-order valence-corrected chi connectivity index (χ0v) is 22.1. The van der Waals surface area contributed by atoms with Crippen molar-refractivity contribution in [2.75, 3.05) is 18.9 Å². The Balaban J connectivity index is 1.88. The molecule has 11 atom stereocenters. The maximum atomic E-state index is 13.3. The number of carbonyl (C=O) groups excluding carboxylic acids is 1. The molecule has 2 aliphatic heterocycles. The molecule has 11 N–H and O–H groups in total. The minimum Gasteiger partial charge on any atom is -0.477 e. The van der Waals surface area contributed by atoms with E-state index < -0.39 is 106 Å². The summed E-state index contributed by atoms with van der Waals surface area (Å²) >= 11 is 0. The van der Waals surface area contributed by atoms with E-state index in [9.17, 15) is 64.7 Å². The lowest BCUT2D eigenvalue weighted by atomic mass is 9.88. The van der Waals surface area contributed by atoms with Gasteiger partial charge in [0.25, 0.3) is 5.79 Å². The monoisotopic (exact) mass is 614 g/mol. The van der Waals surface area contributed by atoms with Gasteiger partial charge in [-0.15, -0.1) is 0 Å². The van der Waals surface area contributed by atoms with E-state index in [4.69, 9.17) is 19.7 Å². The van der Waals surface area contributed by atoms with Gasteiger partial charge < -0.3 is 61.0 Å². The predicted octanol–water partition coefficient (Wildman–Crippen LogP) is -5.58.